The monoisotopic (exact) mass is 257 g/mol. The first kappa shape index (κ1) is 13.5. The predicted octanol–water partition coefficient (Wildman–Crippen LogP) is 2.34. The van der Waals surface area contributed by atoms with Gasteiger partial charge in [0.15, 0.2) is 0 Å². The van der Waals surface area contributed by atoms with Gasteiger partial charge in [-0.3, -0.25) is 10.8 Å². The van der Waals surface area contributed by atoms with E-state index in [2.05, 4.69) is 10.4 Å². The summed E-state index contributed by atoms with van der Waals surface area (Å²) in [5.41, 5.74) is 6.09. The fraction of sp³-hybridized carbons (Fsp3) is 0.267. The second kappa shape index (κ2) is 6.31. The molecule has 4 heteroatoms. The Morgan fingerprint density at radius 1 is 1.26 bits per heavy atom. The third-order valence-electron chi connectivity index (χ3n) is 3.07. The molecule has 0 amide bonds. The molecule has 0 saturated carbocycles. The summed E-state index contributed by atoms with van der Waals surface area (Å²) in [5, 5.41) is 0. The van der Waals surface area contributed by atoms with Gasteiger partial charge in [-0.05, 0) is 37.1 Å². The zero-order valence-corrected chi connectivity index (χ0v) is 11.3. The molecule has 0 radical (unpaired) electrons. The third-order valence-corrected chi connectivity index (χ3v) is 3.07. The molecule has 1 unspecified atom stereocenters. The van der Waals surface area contributed by atoms with Gasteiger partial charge in [0.05, 0.1) is 12.6 Å². The zero-order chi connectivity index (χ0) is 13.7. The van der Waals surface area contributed by atoms with Crippen LogP contribution in [0.2, 0.25) is 0 Å². The van der Waals surface area contributed by atoms with Gasteiger partial charge >= 0.3 is 0 Å². The first-order valence-corrected chi connectivity index (χ1v) is 6.36. The number of nitrogens with zero attached hydrogens (tertiary/aromatic N) is 1. The highest BCUT2D eigenvalue weighted by atomic mass is 16.5. The van der Waals surface area contributed by atoms with Crippen molar-refractivity contribution in [1.29, 1.82) is 0 Å². The Hall–Kier alpha value is -1.91. The van der Waals surface area contributed by atoms with Gasteiger partial charge in [0, 0.05) is 18.0 Å². The lowest BCUT2D eigenvalue weighted by atomic mass is 9.96. The largest absolute Gasteiger partial charge is 0.494 e. The van der Waals surface area contributed by atoms with Crippen LogP contribution in [0.3, 0.4) is 0 Å². The van der Waals surface area contributed by atoms with Crippen molar-refractivity contribution in [2.45, 2.75) is 19.9 Å². The molecule has 2 rings (SSSR count). The minimum absolute atomic E-state index is 0.106. The van der Waals surface area contributed by atoms with E-state index in [1.807, 2.05) is 50.4 Å². The van der Waals surface area contributed by atoms with Gasteiger partial charge in [-0.15, -0.1) is 0 Å². The first-order valence-electron chi connectivity index (χ1n) is 6.36. The van der Waals surface area contributed by atoms with Crippen molar-refractivity contribution < 1.29 is 4.74 Å². The number of hydrogen-bond donors (Lipinski definition) is 2. The van der Waals surface area contributed by atoms with Crippen LogP contribution >= 0.6 is 0 Å². The van der Waals surface area contributed by atoms with Crippen molar-refractivity contribution in [3.63, 3.8) is 0 Å². The van der Waals surface area contributed by atoms with E-state index in [1.54, 1.807) is 6.20 Å². The quantitative estimate of drug-likeness (QED) is 0.637. The van der Waals surface area contributed by atoms with Crippen molar-refractivity contribution in [3.8, 4) is 5.75 Å². The van der Waals surface area contributed by atoms with Gasteiger partial charge in [-0.2, -0.15) is 0 Å². The maximum atomic E-state index is 5.74. The van der Waals surface area contributed by atoms with E-state index >= 15 is 0 Å². The van der Waals surface area contributed by atoms with Gasteiger partial charge in [0.25, 0.3) is 0 Å². The number of rotatable bonds is 5. The molecule has 1 atom stereocenters. The van der Waals surface area contributed by atoms with Crippen LogP contribution in [-0.4, -0.2) is 11.6 Å². The minimum atomic E-state index is -0.106. The van der Waals surface area contributed by atoms with E-state index in [0.717, 1.165) is 22.4 Å². The van der Waals surface area contributed by atoms with Crippen molar-refractivity contribution in [2.75, 3.05) is 6.61 Å². The Morgan fingerprint density at radius 2 is 2.05 bits per heavy atom. The molecule has 1 aromatic carbocycles. The Labute approximate surface area is 113 Å². The molecular weight excluding hydrogens is 238 g/mol. The molecule has 1 aromatic heterocycles. The van der Waals surface area contributed by atoms with Crippen molar-refractivity contribution >= 4 is 0 Å². The van der Waals surface area contributed by atoms with Gasteiger partial charge in [-0.25, -0.2) is 5.43 Å². The maximum Gasteiger partial charge on any atom is 0.124 e. The van der Waals surface area contributed by atoms with E-state index in [9.17, 15) is 0 Å². The van der Waals surface area contributed by atoms with E-state index in [0.29, 0.717) is 6.61 Å². The zero-order valence-electron chi connectivity index (χ0n) is 11.3. The van der Waals surface area contributed by atoms with Crippen LogP contribution in [0.5, 0.6) is 5.75 Å². The second-order valence-corrected chi connectivity index (χ2v) is 4.30. The second-order valence-electron chi connectivity index (χ2n) is 4.30. The van der Waals surface area contributed by atoms with Gasteiger partial charge < -0.3 is 4.74 Å². The highest BCUT2D eigenvalue weighted by Crippen LogP contribution is 2.30. The molecule has 0 saturated heterocycles. The fourth-order valence-corrected chi connectivity index (χ4v) is 2.16. The fourth-order valence-electron chi connectivity index (χ4n) is 2.16. The Balaban J connectivity index is 2.45. The molecule has 0 spiro atoms. The molecule has 0 aliphatic carbocycles. The average Bonchev–Trinajstić information content (AvgIpc) is 2.44. The number of hydrazine groups is 1. The smallest absolute Gasteiger partial charge is 0.124 e. The van der Waals surface area contributed by atoms with Crippen molar-refractivity contribution in [2.24, 2.45) is 5.84 Å². The first-order chi connectivity index (χ1) is 9.27. The lowest BCUT2D eigenvalue weighted by molar-refractivity contribution is 0.333. The van der Waals surface area contributed by atoms with Gasteiger partial charge in [0.1, 0.15) is 5.75 Å². The minimum Gasteiger partial charge on any atom is -0.494 e. The summed E-state index contributed by atoms with van der Waals surface area (Å²) in [5.74, 6) is 6.60. The molecule has 0 bridgehead atoms. The average molecular weight is 257 g/mol. The molecule has 1 heterocycles. The standard InChI is InChI=1S/C15H19N3O/c1-3-19-14-7-5-4-6-13(14)15(18-16)12-8-9-17-10-11(12)2/h4-10,15,18H,3,16H2,1-2H3. The number of nitrogens with one attached hydrogen (secondary N) is 1. The molecule has 4 nitrogen and oxygen atoms in total. The summed E-state index contributed by atoms with van der Waals surface area (Å²) in [6.07, 6.45) is 3.61. The van der Waals surface area contributed by atoms with E-state index < -0.39 is 0 Å². The number of benzene rings is 1. The third kappa shape index (κ3) is 2.92. The molecule has 0 aliphatic rings. The summed E-state index contributed by atoms with van der Waals surface area (Å²) in [7, 11) is 0. The molecule has 100 valence electrons. The Kier molecular flexibility index (Phi) is 4.49. The normalized spacial score (nSPS) is 12.2. The van der Waals surface area contributed by atoms with Crippen LogP contribution in [0.15, 0.2) is 42.7 Å². The number of nitrogens with two attached hydrogens (primary N) is 1. The highest BCUT2D eigenvalue weighted by molar-refractivity contribution is 5.43. The summed E-state index contributed by atoms with van der Waals surface area (Å²) in [6, 6.07) is 9.79. The number of pyridine rings is 1. The Bertz CT molecular complexity index is 542. The summed E-state index contributed by atoms with van der Waals surface area (Å²) >= 11 is 0. The number of ether oxygens (including phenoxy) is 1. The lowest BCUT2D eigenvalue weighted by Gasteiger charge is -2.21. The highest BCUT2D eigenvalue weighted by Gasteiger charge is 2.18. The van der Waals surface area contributed by atoms with E-state index in [1.165, 1.54) is 0 Å². The van der Waals surface area contributed by atoms with Crippen LogP contribution in [-0.2, 0) is 0 Å². The number of hydrogen-bond acceptors (Lipinski definition) is 4. The topological polar surface area (TPSA) is 60.2 Å². The molecule has 19 heavy (non-hydrogen) atoms. The SMILES string of the molecule is CCOc1ccccc1C(NN)c1ccncc1C. The number of aromatic nitrogens is 1. The number of aryl methyl sites for hydroxylation is 1. The Morgan fingerprint density at radius 3 is 2.74 bits per heavy atom. The molecule has 0 aliphatic heterocycles. The van der Waals surface area contributed by atoms with Crippen molar-refractivity contribution in [1.82, 2.24) is 10.4 Å². The van der Waals surface area contributed by atoms with Crippen molar-refractivity contribution in [3.05, 3.63) is 59.4 Å². The van der Waals surface area contributed by atoms with Gasteiger partial charge in [0.2, 0.25) is 0 Å². The van der Waals surface area contributed by atoms with Crippen LogP contribution in [0.25, 0.3) is 0 Å². The van der Waals surface area contributed by atoms with Gasteiger partial charge in [-0.1, -0.05) is 18.2 Å². The lowest BCUT2D eigenvalue weighted by Crippen LogP contribution is -2.29. The molecular formula is C15H19N3O. The summed E-state index contributed by atoms with van der Waals surface area (Å²) in [6.45, 7) is 4.62. The summed E-state index contributed by atoms with van der Waals surface area (Å²) in [4.78, 5) is 4.11. The number of para-hydroxylation sites is 1. The summed E-state index contributed by atoms with van der Waals surface area (Å²) < 4.78 is 5.67. The molecule has 0 fully saturated rings. The van der Waals surface area contributed by atoms with Crippen LogP contribution in [0, 0.1) is 6.92 Å². The van der Waals surface area contributed by atoms with Crippen LogP contribution in [0.4, 0.5) is 0 Å². The molecule has 2 aromatic rings. The maximum absolute atomic E-state index is 5.74. The predicted molar refractivity (Wildman–Crippen MR) is 75.8 cm³/mol. The van der Waals surface area contributed by atoms with Crippen LogP contribution in [0.1, 0.15) is 29.7 Å². The van der Waals surface area contributed by atoms with E-state index in [4.69, 9.17) is 10.6 Å². The van der Waals surface area contributed by atoms with E-state index in [-0.39, 0.29) is 6.04 Å². The van der Waals surface area contributed by atoms with Crippen LogP contribution < -0.4 is 16.0 Å². The molecule has 3 N–H and O–H groups in total.